The Hall–Kier alpha value is -2.17. The lowest BCUT2D eigenvalue weighted by molar-refractivity contribution is -0.119. The Morgan fingerprint density at radius 2 is 2.14 bits per heavy atom. The molecule has 9 nitrogen and oxygen atoms in total. The second-order valence-corrected chi connectivity index (χ2v) is 6.30. The summed E-state index contributed by atoms with van der Waals surface area (Å²) in [5, 5.41) is 13.2. The Labute approximate surface area is 128 Å². The van der Waals surface area contributed by atoms with Crippen LogP contribution in [0.1, 0.15) is 5.56 Å². The summed E-state index contributed by atoms with van der Waals surface area (Å²) in [7, 11) is 0.481. The van der Waals surface area contributed by atoms with Gasteiger partial charge >= 0.3 is 0 Å². The fourth-order valence-electron chi connectivity index (χ4n) is 1.26. The van der Waals surface area contributed by atoms with Gasteiger partial charge in [0.05, 0.1) is 19.9 Å². The highest BCUT2D eigenvalue weighted by atomic mass is 32.2. The number of amides is 1. The molecular formula is C12H18N4O5S. The van der Waals surface area contributed by atoms with Crippen LogP contribution in [0.4, 0.5) is 0 Å². The SMILES string of the molecule is COc1ccc(O)c(C=NNC(=O)CNS(=O)(=O)N(C)C)c1. The van der Waals surface area contributed by atoms with E-state index in [9.17, 15) is 18.3 Å². The number of ether oxygens (including phenoxy) is 1. The van der Waals surface area contributed by atoms with Gasteiger partial charge in [-0.05, 0) is 18.2 Å². The van der Waals surface area contributed by atoms with E-state index in [0.717, 1.165) is 4.31 Å². The van der Waals surface area contributed by atoms with E-state index in [1.807, 2.05) is 0 Å². The number of phenolic OH excluding ortho intramolecular Hbond substituents is 1. The number of nitrogens with zero attached hydrogens (tertiary/aromatic N) is 2. The van der Waals surface area contributed by atoms with Crippen molar-refractivity contribution < 1.29 is 23.1 Å². The van der Waals surface area contributed by atoms with E-state index in [0.29, 0.717) is 11.3 Å². The van der Waals surface area contributed by atoms with Crippen molar-refractivity contribution in [2.24, 2.45) is 5.10 Å². The minimum Gasteiger partial charge on any atom is -0.507 e. The van der Waals surface area contributed by atoms with Crippen LogP contribution in [0.3, 0.4) is 0 Å². The molecule has 0 spiro atoms. The zero-order valence-corrected chi connectivity index (χ0v) is 13.2. The Balaban J connectivity index is 2.57. The molecule has 0 unspecified atom stereocenters. The Bertz CT molecular complexity index is 657. The van der Waals surface area contributed by atoms with Gasteiger partial charge in [-0.15, -0.1) is 0 Å². The van der Waals surface area contributed by atoms with Crippen LogP contribution >= 0.6 is 0 Å². The third-order valence-corrected chi connectivity index (χ3v) is 3.99. The van der Waals surface area contributed by atoms with Crippen molar-refractivity contribution in [2.45, 2.75) is 0 Å². The summed E-state index contributed by atoms with van der Waals surface area (Å²) in [5.74, 6) is -0.166. The van der Waals surface area contributed by atoms with Crippen LogP contribution in [-0.4, -0.2) is 57.7 Å². The first kappa shape index (κ1) is 17.9. The zero-order chi connectivity index (χ0) is 16.8. The van der Waals surface area contributed by atoms with Crippen molar-refractivity contribution in [3.8, 4) is 11.5 Å². The number of benzene rings is 1. The summed E-state index contributed by atoms with van der Waals surface area (Å²) < 4.78 is 30.8. The highest BCUT2D eigenvalue weighted by molar-refractivity contribution is 7.87. The number of carbonyl (C=O) groups is 1. The van der Waals surface area contributed by atoms with Gasteiger partial charge in [0.25, 0.3) is 16.1 Å². The predicted molar refractivity (Wildman–Crippen MR) is 81.0 cm³/mol. The van der Waals surface area contributed by atoms with Gasteiger partial charge in [0.2, 0.25) is 0 Å². The molecule has 0 saturated carbocycles. The Kier molecular flexibility index (Phi) is 6.28. The minimum atomic E-state index is -3.67. The van der Waals surface area contributed by atoms with Crippen LogP contribution in [0.5, 0.6) is 11.5 Å². The van der Waals surface area contributed by atoms with E-state index < -0.39 is 22.7 Å². The summed E-state index contributed by atoms with van der Waals surface area (Å²) >= 11 is 0. The van der Waals surface area contributed by atoms with Crippen LogP contribution in [0, 0.1) is 0 Å². The maximum absolute atomic E-state index is 11.5. The number of nitrogens with one attached hydrogen (secondary N) is 2. The monoisotopic (exact) mass is 330 g/mol. The lowest BCUT2D eigenvalue weighted by Crippen LogP contribution is -2.41. The van der Waals surface area contributed by atoms with Crippen molar-refractivity contribution in [1.29, 1.82) is 0 Å². The fraction of sp³-hybridized carbons (Fsp3) is 0.333. The van der Waals surface area contributed by atoms with E-state index in [2.05, 4.69) is 15.2 Å². The van der Waals surface area contributed by atoms with Crippen LogP contribution in [0.15, 0.2) is 23.3 Å². The molecule has 1 aromatic carbocycles. The first-order chi connectivity index (χ1) is 10.3. The van der Waals surface area contributed by atoms with Crippen molar-refractivity contribution >= 4 is 22.3 Å². The van der Waals surface area contributed by atoms with Gasteiger partial charge in [0.1, 0.15) is 11.5 Å². The number of hydrazone groups is 1. The van der Waals surface area contributed by atoms with Gasteiger partial charge in [-0.3, -0.25) is 4.79 Å². The van der Waals surface area contributed by atoms with Crippen LogP contribution < -0.4 is 14.9 Å². The van der Waals surface area contributed by atoms with E-state index >= 15 is 0 Å². The third kappa shape index (κ3) is 5.31. The maximum Gasteiger partial charge on any atom is 0.279 e. The summed E-state index contributed by atoms with van der Waals surface area (Å²) in [6.45, 7) is -0.456. The van der Waals surface area contributed by atoms with E-state index in [-0.39, 0.29) is 5.75 Å². The molecule has 1 amide bonds. The molecule has 1 aromatic rings. The second-order valence-electron chi connectivity index (χ2n) is 4.33. The van der Waals surface area contributed by atoms with Gasteiger partial charge in [0.15, 0.2) is 0 Å². The molecular weight excluding hydrogens is 312 g/mol. The van der Waals surface area contributed by atoms with Crippen molar-refractivity contribution in [3.05, 3.63) is 23.8 Å². The van der Waals surface area contributed by atoms with E-state index in [1.165, 1.54) is 39.6 Å². The Morgan fingerprint density at radius 1 is 1.45 bits per heavy atom. The van der Waals surface area contributed by atoms with Crippen molar-refractivity contribution in [3.63, 3.8) is 0 Å². The molecule has 0 bridgehead atoms. The number of hydrogen-bond donors (Lipinski definition) is 3. The molecule has 0 atom stereocenters. The summed E-state index contributed by atoms with van der Waals surface area (Å²) in [6, 6.07) is 4.52. The predicted octanol–water partition coefficient (Wildman–Crippen LogP) is -0.753. The van der Waals surface area contributed by atoms with Gasteiger partial charge in [-0.2, -0.15) is 22.5 Å². The molecule has 0 aromatic heterocycles. The quantitative estimate of drug-likeness (QED) is 0.449. The highest BCUT2D eigenvalue weighted by Crippen LogP contribution is 2.20. The number of rotatable bonds is 7. The van der Waals surface area contributed by atoms with Crippen LogP contribution in [0.2, 0.25) is 0 Å². The standard InChI is InChI=1S/C12H18N4O5S/c1-16(2)22(19,20)14-8-12(18)15-13-7-9-6-10(21-3)4-5-11(9)17/h4-7,14,17H,8H2,1-3H3,(H,15,18). The van der Waals surface area contributed by atoms with Gasteiger partial charge in [-0.25, -0.2) is 5.43 Å². The normalized spacial score (nSPS) is 11.8. The third-order valence-electron chi connectivity index (χ3n) is 2.52. The largest absolute Gasteiger partial charge is 0.507 e. The molecule has 0 aliphatic heterocycles. The first-order valence-corrected chi connectivity index (χ1v) is 7.56. The zero-order valence-electron chi connectivity index (χ0n) is 12.4. The molecule has 0 heterocycles. The Morgan fingerprint density at radius 3 is 2.73 bits per heavy atom. The molecule has 3 N–H and O–H groups in total. The highest BCUT2D eigenvalue weighted by Gasteiger charge is 2.14. The number of hydrogen-bond acceptors (Lipinski definition) is 6. The average Bonchev–Trinajstić information content (AvgIpc) is 2.47. The van der Waals surface area contributed by atoms with Crippen molar-refractivity contribution in [2.75, 3.05) is 27.7 Å². The lowest BCUT2D eigenvalue weighted by Gasteiger charge is -2.11. The molecule has 0 aliphatic rings. The van der Waals surface area contributed by atoms with Crippen molar-refractivity contribution in [1.82, 2.24) is 14.5 Å². The molecule has 1 rings (SSSR count). The lowest BCUT2D eigenvalue weighted by atomic mass is 10.2. The van der Waals surface area contributed by atoms with Gasteiger partial charge < -0.3 is 9.84 Å². The number of aromatic hydroxyl groups is 1. The second kappa shape index (κ2) is 7.73. The molecule has 10 heteroatoms. The first-order valence-electron chi connectivity index (χ1n) is 6.12. The van der Waals surface area contributed by atoms with E-state index in [1.54, 1.807) is 6.07 Å². The van der Waals surface area contributed by atoms with Crippen LogP contribution in [0.25, 0.3) is 0 Å². The van der Waals surface area contributed by atoms with E-state index in [4.69, 9.17) is 4.74 Å². The molecule has 0 aliphatic carbocycles. The number of phenols is 1. The number of methoxy groups -OCH3 is 1. The minimum absolute atomic E-state index is 0.0351. The average molecular weight is 330 g/mol. The molecule has 0 fully saturated rings. The molecule has 122 valence electrons. The molecule has 0 saturated heterocycles. The van der Waals surface area contributed by atoms with Crippen LogP contribution in [-0.2, 0) is 15.0 Å². The maximum atomic E-state index is 11.5. The van der Waals surface area contributed by atoms with Gasteiger partial charge in [0, 0.05) is 19.7 Å². The molecule has 22 heavy (non-hydrogen) atoms. The van der Waals surface area contributed by atoms with Gasteiger partial charge in [-0.1, -0.05) is 0 Å². The summed E-state index contributed by atoms with van der Waals surface area (Å²) in [4.78, 5) is 11.5. The molecule has 0 radical (unpaired) electrons. The summed E-state index contributed by atoms with van der Waals surface area (Å²) in [5.41, 5.74) is 2.48. The fourth-order valence-corrected chi connectivity index (χ4v) is 1.83. The topological polar surface area (TPSA) is 120 Å². The summed E-state index contributed by atoms with van der Waals surface area (Å²) in [6.07, 6.45) is 1.22. The number of carbonyl (C=O) groups excluding carboxylic acids is 1. The smallest absolute Gasteiger partial charge is 0.279 e.